The lowest BCUT2D eigenvalue weighted by Crippen LogP contribution is -2.06. The highest BCUT2D eigenvalue weighted by Crippen LogP contribution is 2.11. The lowest BCUT2D eigenvalue weighted by molar-refractivity contribution is 0.501. The fourth-order valence-corrected chi connectivity index (χ4v) is 1.88. The van der Waals surface area contributed by atoms with E-state index < -0.39 is 0 Å². The Hall–Kier alpha value is -1.85. The van der Waals surface area contributed by atoms with Crippen LogP contribution in [0.2, 0.25) is 0 Å². The Morgan fingerprint density at radius 2 is 2.06 bits per heavy atom. The molecular formula is C12H19N5O. The van der Waals surface area contributed by atoms with Gasteiger partial charge in [0.25, 0.3) is 0 Å². The van der Waals surface area contributed by atoms with E-state index in [1.165, 1.54) is 5.56 Å². The normalized spacial score (nSPS) is 10.8. The molecular weight excluding hydrogens is 230 g/mol. The van der Waals surface area contributed by atoms with Crippen LogP contribution in [0, 0.1) is 13.8 Å². The molecule has 0 fully saturated rings. The number of nitrogens with zero attached hydrogens (tertiary/aromatic N) is 3. The van der Waals surface area contributed by atoms with Gasteiger partial charge in [0, 0.05) is 18.7 Å². The minimum absolute atomic E-state index is 0.497. The molecule has 2 aromatic rings. The lowest BCUT2D eigenvalue weighted by atomic mass is 10.1. The van der Waals surface area contributed by atoms with Crippen LogP contribution < -0.4 is 5.32 Å². The van der Waals surface area contributed by atoms with Gasteiger partial charge in [-0.1, -0.05) is 12.0 Å². The number of aromatic nitrogens is 4. The van der Waals surface area contributed by atoms with Crippen LogP contribution in [0.5, 0.6) is 0 Å². The highest BCUT2D eigenvalue weighted by atomic mass is 16.4. The monoisotopic (exact) mass is 249 g/mol. The Labute approximate surface area is 106 Å². The highest BCUT2D eigenvalue weighted by molar-refractivity contribution is 5.25. The summed E-state index contributed by atoms with van der Waals surface area (Å²) in [6.45, 7) is 6.88. The lowest BCUT2D eigenvalue weighted by Gasteiger charge is -2.01. The van der Waals surface area contributed by atoms with Crippen molar-refractivity contribution in [1.29, 1.82) is 0 Å². The molecule has 0 aromatic carbocycles. The predicted molar refractivity (Wildman–Crippen MR) is 68.5 cm³/mol. The summed E-state index contributed by atoms with van der Waals surface area (Å²) in [5.74, 6) is 0.690. The first kappa shape index (κ1) is 12.6. The average molecular weight is 249 g/mol. The molecule has 0 atom stereocenters. The highest BCUT2D eigenvalue weighted by Gasteiger charge is 2.07. The van der Waals surface area contributed by atoms with Crippen molar-refractivity contribution in [1.82, 2.24) is 20.4 Å². The van der Waals surface area contributed by atoms with Crippen LogP contribution in [-0.4, -0.2) is 26.9 Å². The van der Waals surface area contributed by atoms with Gasteiger partial charge in [0.05, 0.1) is 5.69 Å². The maximum Gasteiger partial charge on any atom is 0.315 e. The number of aryl methyl sites for hydroxylation is 3. The molecule has 0 aliphatic carbocycles. The van der Waals surface area contributed by atoms with Crippen molar-refractivity contribution in [2.24, 2.45) is 0 Å². The van der Waals surface area contributed by atoms with Gasteiger partial charge >= 0.3 is 6.01 Å². The second kappa shape index (κ2) is 5.66. The third kappa shape index (κ3) is 2.88. The summed E-state index contributed by atoms with van der Waals surface area (Å²) in [5.41, 5.74) is 3.41. The molecule has 2 rings (SSSR count). The van der Waals surface area contributed by atoms with Crippen LogP contribution >= 0.6 is 0 Å². The van der Waals surface area contributed by atoms with Crippen LogP contribution in [0.25, 0.3) is 0 Å². The molecule has 0 aliphatic heterocycles. The molecule has 6 heteroatoms. The maximum atomic E-state index is 5.45. The molecule has 98 valence electrons. The van der Waals surface area contributed by atoms with E-state index in [4.69, 9.17) is 4.42 Å². The summed E-state index contributed by atoms with van der Waals surface area (Å²) in [6, 6.07) is 0.497. The Morgan fingerprint density at radius 3 is 2.72 bits per heavy atom. The number of H-pyrrole nitrogens is 1. The fourth-order valence-electron chi connectivity index (χ4n) is 1.88. The van der Waals surface area contributed by atoms with Crippen LogP contribution in [0.3, 0.4) is 0 Å². The number of hydrogen-bond acceptors (Lipinski definition) is 5. The van der Waals surface area contributed by atoms with E-state index in [1.54, 1.807) is 0 Å². The van der Waals surface area contributed by atoms with Gasteiger partial charge in [0.15, 0.2) is 0 Å². The van der Waals surface area contributed by atoms with Crippen molar-refractivity contribution in [3.05, 3.63) is 22.8 Å². The maximum absolute atomic E-state index is 5.45. The second-order valence-corrected chi connectivity index (χ2v) is 4.34. The van der Waals surface area contributed by atoms with Gasteiger partial charge in [0.2, 0.25) is 5.89 Å². The number of hydrogen-bond donors (Lipinski definition) is 2. The van der Waals surface area contributed by atoms with Crippen molar-refractivity contribution >= 4 is 6.01 Å². The third-order valence-electron chi connectivity index (χ3n) is 2.86. The molecule has 6 nitrogen and oxygen atoms in total. The van der Waals surface area contributed by atoms with Crippen molar-refractivity contribution in [2.45, 2.75) is 40.0 Å². The Balaban J connectivity index is 1.84. The van der Waals surface area contributed by atoms with Gasteiger partial charge in [-0.15, -0.1) is 5.10 Å². The van der Waals surface area contributed by atoms with Gasteiger partial charge < -0.3 is 9.73 Å². The smallest absolute Gasteiger partial charge is 0.315 e. The minimum Gasteiger partial charge on any atom is -0.408 e. The second-order valence-electron chi connectivity index (χ2n) is 4.34. The molecule has 0 spiro atoms. The fraction of sp³-hybridized carbons (Fsp3) is 0.583. The zero-order valence-electron chi connectivity index (χ0n) is 11.1. The Morgan fingerprint density at radius 1 is 1.22 bits per heavy atom. The molecule has 0 aliphatic rings. The molecule has 0 saturated carbocycles. The molecule has 0 bridgehead atoms. The third-order valence-corrected chi connectivity index (χ3v) is 2.86. The largest absolute Gasteiger partial charge is 0.408 e. The Kier molecular flexibility index (Phi) is 3.96. The van der Waals surface area contributed by atoms with Crippen molar-refractivity contribution in [3.8, 4) is 0 Å². The molecule has 2 aromatic heterocycles. The van der Waals surface area contributed by atoms with Crippen LogP contribution in [0.1, 0.15) is 36.2 Å². The number of aromatic amines is 1. The molecule has 2 heterocycles. The van der Waals surface area contributed by atoms with Crippen molar-refractivity contribution < 1.29 is 4.42 Å². The molecule has 0 saturated heterocycles. The topological polar surface area (TPSA) is 79.6 Å². The summed E-state index contributed by atoms with van der Waals surface area (Å²) in [7, 11) is 0. The van der Waals surface area contributed by atoms with Crippen molar-refractivity contribution in [3.63, 3.8) is 0 Å². The van der Waals surface area contributed by atoms with Crippen molar-refractivity contribution in [2.75, 3.05) is 11.9 Å². The summed E-state index contributed by atoms with van der Waals surface area (Å²) in [6.07, 6.45) is 2.73. The van der Waals surface area contributed by atoms with Gasteiger partial charge in [-0.2, -0.15) is 5.10 Å². The summed E-state index contributed by atoms with van der Waals surface area (Å²) in [5, 5.41) is 18.2. The molecule has 2 N–H and O–H groups in total. The number of anilines is 1. The van der Waals surface area contributed by atoms with E-state index in [0.717, 1.165) is 37.2 Å². The first-order valence-corrected chi connectivity index (χ1v) is 6.27. The van der Waals surface area contributed by atoms with E-state index in [9.17, 15) is 0 Å². The average Bonchev–Trinajstić information content (AvgIpc) is 2.91. The SMILES string of the molecule is CCCc1nnc(NCCc2c(C)n[nH]c2C)o1. The van der Waals surface area contributed by atoms with E-state index in [1.807, 2.05) is 13.8 Å². The molecule has 0 unspecified atom stereocenters. The zero-order valence-corrected chi connectivity index (χ0v) is 11.1. The van der Waals surface area contributed by atoms with E-state index >= 15 is 0 Å². The molecule has 0 amide bonds. The van der Waals surface area contributed by atoms with Crippen LogP contribution in [0.4, 0.5) is 6.01 Å². The van der Waals surface area contributed by atoms with E-state index in [-0.39, 0.29) is 0 Å². The molecule has 18 heavy (non-hydrogen) atoms. The summed E-state index contributed by atoms with van der Waals surface area (Å²) in [4.78, 5) is 0. The van der Waals surface area contributed by atoms with Gasteiger partial charge in [-0.25, -0.2) is 0 Å². The van der Waals surface area contributed by atoms with Gasteiger partial charge in [-0.05, 0) is 32.3 Å². The predicted octanol–water partition coefficient (Wildman–Crippen LogP) is 2.02. The quantitative estimate of drug-likeness (QED) is 0.818. The van der Waals surface area contributed by atoms with Crippen LogP contribution in [-0.2, 0) is 12.8 Å². The Bertz CT molecular complexity index is 483. The summed E-state index contributed by atoms with van der Waals surface area (Å²) >= 11 is 0. The molecule has 0 radical (unpaired) electrons. The van der Waals surface area contributed by atoms with E-state index in [2.05, 4.69) is 32.6 Å². The minimum atomic E-state index is 0.497. The first-order chi connectivity index (χ1) is 8.70. The van der Waals surface area contributed by atoms with Crippen LogP contribution in [0.15, 0.2) is 4.42 Å². The van der Waals surface area contributed by atoms with Gasteiger partial charge in [0.1, 0.15) is 0 Å². The first-order valence-electron chi connectivity index (χ1n) is 6.27. The van der Waals surface area contributed by atoms with E-state index in [0.29, 0.717) is 11.9 Å². The van der Waals surface area contributed by atoms with Gasteiger partial charge in [-0.3, -0.25) is 5.10 Å². The number of rotatable bonds is 6. The summed E-state index contributed by atoms with van der Waals surface area (Å²) < 4.78 is 5.45. The number of nitrogens with one attached hydrogen (secondary N) is 2. The standard InChI is InChI=1S/C12H19N5O/c1-4-5-11-16-17-12(18-11)13-7-6-10-8(2)14-15-9(10)3/h4-7H2,1-3H3,(H,13,17)(H,14,15). The zero-order chi connectivity index (χ0) is 13.0.